The molecule has 10 heteroatoms. The van der Waals surface area contributed by atoms with E-state index in [-0.39, 0.29) is 26.4 Å². The summed E-state index contributed by atoms with van der Waals surface area (Å²) < 4.78 is 59.7. The van der Waals surface area contributed by atoms with Gasteiger partial charge in [0.25, 0.3) is 0 Å². The van der Waals surface area contributed by atoms with E-state index in [1.54, 1.807) is 0 Å². The molecule has 2 saturated heterocycles. The largest absolute Gasteiger partial charge is 0.385 e. The van der Waals surface area contributed by atoms with Crippen molar-refractivity contribution in [3.05, 3.63) is 179 Å². The summed E-state index contributed by atoms with van der Waals surface area (Å²) in [6, 6.07) is 49.9. The van der Waals surface area contributed by atoms with E-state index in [0.717, 1.165) is 47.1 Å². The summed E-state index contributed by atoms with van der Waals surface area (Å²) in [4.78, 5) is 0. The van der Waals surface area contributed by atoms with E-state index in [1.165, 1.54) is 19.3 Å². The maximum Gasteiger partial charge on any atom is 0.187 e. The minimum Gasteiger partial charge on any atom is -0.385 e. The van der Waals surface area contributed by atoms with Crippen LogP contribution < -0.4 is 0 Å². The fourth-order valence-electron chi connectivity index (χ4n) is 8.11. The van der Waals surface area contributed by atoms with Crippen LogP contribution in [0.15, 0.2) is 152 Å². The molecule has 0 saturated carbocycles. The predicted octanol–water partition coefficient (Wildman–Crippen LogP) is 9.75. The summed E-state index contributed by atoms with van der Waals surface area (Å²) in [6.07, 6.45) is -0.905. The van der Waals surface area contributed by atoms with Gasteiger partial charge in [-0.2, -0.15) is 0 Å². The molecular formula is C54H66O10. The fourth-order valence-corrected chi connectivity index (χ4v) is 8.11. The molecule has 2 aliphatic rings. The number of rotatable bonds is 27. The van der Waals surface area contributed by atoms with Gasteiger partial charge in [0, 0.05) is 6.61 Å². The first-order valence-electron chi connectivity index (χ1n) is 23.1. The molecule has 0 aliphatic carbocycles. The Balaban J connectivity index is 1.15. The van der Waals surface area contributed by atoms with Gasteiger partial charge in [-0.3, -0.25) is 0 Å². The highest BCUT2D eigenvalue weighted by Gasteiger charge is 2.53. The second-order valence-electron chi connectivity index (χ2n) is 16.6. The van der Waals surface area contributed by atoms with Crippen molar-refractivity contribution in [1.82, 2.24) is 0 Å². The number of unbranched alkanes of at least 4 members (excludes halogenated alkanes) is 5. The number of hydrogen-bond acceptors (Lipinski definition) is 10. The Morgan fingerprint density at radius 2 is 0.781 bits per heavy atom. The first-order chi connectivity index (χ1) is 31.6. The Labute approximate surface area is 379 Å². The summed E-state index contributed by atoms with van der Waals surface area (Å²) in [7, 11) is 0. The lowest BCUT2D eigenvalue weighted by molar-refractivity contribution is -0.340. The highest BCUT2D eigenvalue weighted by Crippen LogP contribution is 2.35. The zero-order valence-corrected chi connectivity index (χ0v) is 37.2. The topological polar surface area (TPSA) is 103 Å². The van der Waals surface area contributed by atoms with Gasteiger partial charge in [-0.05, 0) is 34.2 Å². The minimum absolute atomic E-state index is 0.148. The Hall–Kier alpha value is -4.30. The molecular weight excluding hydrogens is 809 g/mol. The van der Waals surface area contributed by atoms with Crippen LogP contribution in [0.2, 0.25) is 0 Å². The second kappa shape index (κ2) is 26.6. The van der Waals surface area contributed by atoms with E-state index in [2.05, 4.69) is 6.92 Å². The van der Waals surface area contributed by atoms with Crippen LogP contribution in [0.5, 0.6) is 0 Å². The van der Waals surface area contributed by atoms with Crippen molar-refractivity contribution in [3.63, 3.8) is 0 Å². The van der Waals surface area contributed by atoms with Crippen LogP contribution in [0.25, 0.3) is 0 Å². The Kier molecular flexibility index (Phi) is 19.8. The van der Waals surface area contributed by atoms with Crippen LogP contribution in [0.3, 0.4) is 0 Å². The molecule has 0 aromatic heterocycles. The van der Waals surface area contributed by atoms with Crippen LogP contribution in [-0.2, 0) is 75.7 Å². The lowest BCUT2D eigenvalue weighted by Gasteiger charge is -2.45. The average molecular weight is 875 g/mol. The molecule has 0 unspecified atom stereocenters. The van der Waals surface area contributed by atoms with E-state index in [0.29, 0.717) is 26.4 Å². The summed E-state index contributed by atoms with van der Waals surface area (Å²) >= 11 is 0. The van der Waals surface area contributed by atoms with Crippen molar-refractivity contribution in [2.45, 2.75) is 134 Å². The summed E-state index contributed by atoms with van der Waals surface area (Å²) in [6.45, 7) is 4.65. The van der Waals surface area contributed by atoms with Gasteiger partial charge in [-0.1, -0.05) is 191 Å². The van der Waals surface area contributed by atoms with E-state index in [9.17, 15) is 5.11 Å². The van der Waals surface area contributed by atoms with Gasteiger partial charge in [0.1, 0.15) is 42.7 Å². The molecule has 2 heterocycles. The highest BCUT2D eigenvalue weighted by atomic mass is 16.8. The third-order valence-electron chi connectivity index (χ3n) is 11.6. The summed E-state index contributed by atoms with van der Waals surface area (Å²) in [5, 5.41) is 12.4. The molecule has 5 aromatic carbocycles. The van der Waals surface area contributed by atoms with Gasteiger partial charge in [-0.15, -0.1) is 0 Å². The molecule has 5 aromatic rings. The third-order valence-corrected chi connectivity index (χ3v) is 11.6. The Morgan fingerprint density at radius 3 is 1.23 bits per heavy atom. The molecule has 0 spiro atoms. The monoisotopic (exact) mass is 874 g/mol. The minimum atomic E-state index is -1.28. The van der Waals surface area contributed by atoms with Gasteiger partial charge in [0.05, 0.1) is 46.2 Å². The van der Waals surface area contributed by atoms with E-state index in [1.807, 2.05) is 152 Å². The molecule has 342 valence electrons. The van der Waals surface area contributed by atoms with Crippen LogP contribution in [0.4, 0.5) is 0 Å². The Morgan fingerprint density at radius 1 is 0.406 bits per heavy atom. The molecule has 64 heavy (non-hydrogen) atoms. The van der Waals surface area contributed by atoms with E-state index in [4.69, 9.17) is 42.6 Å². The van der Waals surface area contributed by atoms with Gasteiger partial charge in [0.15, 0.2) is 12.6 Å². The van der Waals surface area contributed by atoms with Crippen molar-refractivity contribution in [2.24, 2.45) is 0 Å². The molecule has 2 aliphatic heterocycles. The van der Waals surface area contributed by atoms with E-state index < -0.39 is 55.3 Å². The van der Waals surface area contributed by atoms with Gasteiger partial charge >= 0.3 is 0 Å². The van der Waals surface area contributed by atoms with Crippen molar-refractivity contribution < 1.29 is 47.7 Å². The molecule has 9 atom stereocenters. The zero-order valence-electron chi connectivity index (χ0n) is 37.2. The normalized spacial score (nSPS) is 24.5. The van der Waals surface area contributed by atoms with Crippen LogP contribution >= 0.6 is 0 Å². The zero-order chi connectivity index (χ0) is 44.0. The molecule has 0 radical (unpaired) electrons. The first kappa shape index (κ1) is 47.7. The lowest BCUT2D eigenvalue weighted by Crippen LogP contribution is -2.62. The summed E-state index contributed by atoms with van der Waals surface area (Å²) in [5.74, 6) is 0. The van der Waals surface area contributed by atoms with Gasteiger partial charge < -0.3 is 47.7 Å². The molecule has 2 fully saturated rings. The van der Waals surface area contributed by atoms with Crippen LogP contribution in [0, 0.1) is 0 Å². The number of aliphatic hydroxyl groups excluding tert-OH is 1. The number of hydrogen-bond donors (Lipinski definition) is 1. The van der Waals surface area contributed by atoms with Crippen molar-refractivity contribution in [1.29, 1.82) is 0 Å². The standard InChI is InChI=1S/C54H66O10/c1-2-3-4-5-6-22-33-58-54-52(50(60-37-44-29-18-10-19-30-44)47(63-54)40-57-35-42-25-14-8-15-26-42)64-53-48(55)51(61-38-45-31-20-11-21-32-45)49(59-36-43-27-16-9-17-28-43)46(62-53)39-56-34-41-23-12-7-13-24-41/h7-21,23-32,46-55H,2-6,22,33-40H2,1H3/t46-,47-,48+,49-,50-,51-,52+,53-,54+/m1/s1. The van der Waals surface area contributed by atoms with Gasteiger partial charge in [0.2, 0.25) is 0 Å². The average Bonchev–Trinajstić information content (AvgIpc) is 3.66. The molecule has 7 rings (SSSR count). The Bertz CT molecular complexity index is 1960. The number of ether oxygens (including phenoxy) is 9. The second-order valence-corrected chi connectivity index (χ2v) is 16.6. The lowest BCUT2D eigenvalue weighted by atomic mass is 9.98. The molecule has 0 amide bonds. The van der Waals surface area contributed by atoms with Crippen molar-refractivity contribution >= 4 is 0 Å². The molecule has 10 nitrogen and oxygen atoms in total. The highest BCUT2D eigenvalue weighted by molar-refractivity contribution is 5.17. The summed E-state index contributed by atoms with van der Waals surface area (Å²) in [5.41, 5.74) is 5.01. The third kappa shape index (κ3) is 14.9. The maximum atomic E-state index is 12.4. The predicted molar refractivity (Wildman–Crippen MR) is 245 cm³/mol. The number of benzene rings is 5. The molecule has 0 bridgehead atoms. The number of aliphatic hydroxyl groups is 1. The fraction of sp³-hybridized carbons (Fsp3) is 0.444. The maximum absolute atomic E-state index is 12.4. The van der Waals surface area contributed by atoms with Crippen molar-refractivity contribution in [3.8, 4) is 0 Å². The SMILES string of the molecule is CCCCCCCCO[C@H]1O[C@H](COCc2ccccc2)[C@@H](OCc2ccccc2)[C@@H]1O[C@H]1O[C@H](COCc2ccccc2)[C@@H](OCc2ccccc2)[C@H](OCc2ccccc2)[C@@H]1O. The first-order valence-corrected chi connectivity index (χ1v) is 23.1. The van der Waals surface area contributed by atoms with Crippen LogP contribution in [-0.4, -0.2) is 80.2 Å². The van der Waals surface area contributed by atoms with E-state index >= 15 is 0 Å². The van der Waals surface area contributed by atoms with Crippen molar-refractivity contribution in [2.75, 3.05) is 19.8 Å². The van der Waals surface area contributed by atoms with Crippen LogP contribution in [0.1, 0.15) is 73.3 Å². The quantitative estimate of drug-likeness (QED) is 0.0514. The smallest absolute Gasteiger partial charge is 0.187 e. The molecule has 1 N–H and O–H groups in total. The van der Waals surface area contributed by atoms with Gasteiger partial charge in [-0.25, -0.2) is 0 Å².